The SMILES string of the molecule is CC1(CN=[N+]=[N-])SC2CC(=O)N2C1C(=O)O. The van der Waals surface area contributed by atoms with Crippen molar-refractivity contribution in [1.82, 2.24) is 4.90 Å². The van der Waals surface area contributed by atoms with Gasteiger partial charge in [-0.3, -0.25) is 4.79 Å². The molecule has 0 spiro atoms. The number of carboxylic acid groups (broad SMARTS) is 1. The number of hydrogen-bond acceptors (Lipinski definition) is 4. The van der Waals surface area contributed by atoms with E-state index in [2.05, 4.69) is 10.0 Å². The van der Waals surface area contributed by atoms with Crippen LogP contribution >= 0.6 is 11.8 Å². The summed E-state index contributed by atoms with van der Waals surface area (Å²) >= 11 is 1.40. The minimum atomic E-state index is -1.04. The highest BCUT2D eigenvalue weighted by Crippen LogP contribution is 2.51. The molecule has 2 rings (SSSR count). The molecule has 16 heavy (non-hydrogen) atoms. The van der Waals surface area contributed by atoms with Crippen LogP contribution in [0.15, 0.2) is 5.11 Å². The molecule has 2 fully saturated rings. The van der Waals surface area contributed by atoms with Crippen molar-refractivity contribution in [2.45, 2.75) is 29.5 Å². The van der Waals surface area contributed by atoms with Gasteiger partial charge in [0.05, 0.1) is 16.5 Å². The first-order chi connectivity index (χ1) is 7.49. The van der Waals surface area contributed by atoms with Gasteiger partial charge in [0.15, 0.2) is 0 Å². The van der Waals surface area contributed by atoms with Crippen LogP contribution in [-0.4, -0.2) is 44.6 Å². The fourth-order valence-electron chi connectivity index (χ4n) is 2.16. The fourth-order valence-corrected chi connectivity index (χ4v) is 3.83. The molecule has 0 radical (unpaired) electrons. The van der Waals surface area contributed by atoms with E-state index in [-0.39, 0.29) is 17.8 Å². The van der Waals surface area contributed by atoms with Crippen molar-refractivity contribution in [2.24, 2.45) is 5.11 Å². The number of amides is 1. The van der Waals surface area contributed by atoms with Crippen LogP contribution in [0.4, 0.5) is 0 Å². The van der Waals surface area contributed by atoms with Crippen LogP contribution in [-0.2, 0) is 9.59 Å². The molecule has 8 heteroatoms. The summed E-state index contributed by atoms with van der Waals surface area (Å²) in [6.07, 6.45) is 0.375. The Kier molecular flexibility index (Phi) is 2.47. The molecule has 1 amide bonds. The number of hydrogen-bond donors (Lipinski definition) is 1. The summed E-state index contributed by atoms with van der Waals surface area (Å²) in [5, 5.41) is 12.5. The second-order valence-corrected chi connectivity index (χ2v) is 5.73. The van der Waals surface area contributed by atoms with Gasteiger partial charge in [0.2, 0.25) is 5.91 Å². The number of nitrogens with zero attached hydrogens (tertiary/aromatic N) is 4. The van der Waals surface area contributed by atoms with E-state index < -0.39 is 16.8 Å². The molecule has 0 aromatic carbocycles. The molecular weight excluding hydrogens is 232 g/mol. The van der Waals surface area contributed by atoms with Crippen molar-refractivity contribution in [1.29, 1.82) is 0 Å². The first kappa shape index (κ1) is 11.1. The smallest absolute Gasteiger partial charge is 0.327 e. The van der Waals surface area contributed by atoms with Crippen LogP contribution in [0.3, 0.4) is 0 Å². The number of thioether (sulfide) groups is 1. The molecule has 2 aliphatic heterocycles. The molecule has 2 aliphatic rings. The largest absolute Gasteiger partial charge is 0.480 e. The summed E-state index contributed by atoms with van der Waals surface area (Å²) in [6, 6.07) is -0.894. The third kappa shape index (κ3) is 1.42. The summed E-state index contributed by atoms with van der Waals surface area (Å²) in [7, 11) is 0. The third-order valence-electron chi connectivity index (χ3n) is 2.89. The predicted octanol–water partition coefficient (Wildman–Crippen LogP) is 0.814. The quantitative estimate of drug-likeness (QED) is 0.342. The number of carbonyl (C=O) groups excluding carboxylic acids is 1. The van der Waals surface area contributed by atoms with E-state index >= 15 is 0 Å². The summed E-state index contributed by atoms with van der Waals surface area (Å²) in [5.41, 5.74) is 8.29. The average molecular weight is 242 g/mol. The van der Waals surface area contributed by atoms with Crippen molar-refractivity contribution < 1.29 is 14.7 Å². The second kappa shape index (κ2) is 3.57. The van der Waals surface area contributed by atoms with E-state index in [1.807, 2.05) is 0 Å². The molecule has 0 saturated carbocycles. The van der Waals surface area contributed by atoms with E-state index in [0.29, 0.717) is 6.42 Å². The predicted molar refractivity (Wildman–Crippen MR) is 56.7 cm³/mol. The number of rotatable bonds is 3. The van der Waals surface area contributed by atoms with Crippen molar-refractivity contribution in [3.63, 3.8) is 0 Å². The Morgan fingerprint density at radius 3 is 3.06 bits per heavy atom. The van der Waals surface area contributed by atoms with Crippen LogP contribution in [0.1, 0.15) is 13.3 Å². The lowest BCUT2D eigenvalue weighted by molar-refractivity contribution is -0.157. The molecule has 1 N–H and O–H groups in total. The second-order valence-electron chi connectivity index (χ2n) is 4.02. The molecular formula is C8H10N4O3S. The van der Waals surface area contributed by atoms with Gasteiger partial charge in [-0.05, 0) is 12.5 Å². The molecule has 3 unspecified atom stereocenters. The molecule has 2 saturated heterocycles. The normalized spacial score (nSPS) is 36.3. The van der Waals surface area contributed by atoms with Crippen molar-refractivity contribution in [3.8, 4) is 0 Å². The van der Waals surface area contributed by atoms with Gasteiger partial charge in [0, 0.05) is 11.5 Å². The zero-order valence-corrected chi connectivity index (χ0v) is 9.35. The number of fused-ring (bicyclic) bond motifs is 1. The lowest BCUT2D eigenvalue weighted by Crippen LogP contribution is -2.57. The van der Waals surface area contributed by atoms with Crippen LogP contribution in [0.25, 0.3) is 10.4 Å². The zero-order chi connectivity index (χ0) is 11.9. The Labute approximate surface area is 95.4 Å². The minimum Gasteiger partial charge on any atom is -0.480 e. The summed E-state index contributed by atoms with van der Waals surface area (Å²) in [5.74, 6) is -1.19. The number of carbonyl (C=O) groups is 2. The van der Waals surface area contributed by atoms with Gasteiger partial charge in [-0.2, -0.15) is 0 Å². The number of carboxylic acids is 1. The highest BCUT2D eigenvalue weighted by atomic mass is 32.2. The summed E-state index contributed by atoms with van der Waals surface area (Å²) < 4.78 is -0.727. The van der Waals surface area contributed by atoms with Crippen LogP contribution in [0.2, 0.25) is 0 Å². The van der Waals surface area contributed by atoms with E-state index in [1.54, 1.807) is 6.92 Å². The third-order valence-corrected chi connectivity index (χ3v) is 4.45. The van der Waals surface area contributed by atoms with Gasteiger partial charge in [0.25, 0.3) is 0 Å². The standard InChI is InChI=1S/C8H10N4O3S/c1-8(3-10-11-9)6(7(14)15)12-4(13)2-5(12)16-8/h5-6H,2-3H2,1H3,(H,14,15). The van der Waals surface area contributed by atoms with Crippen molar-refractivity contribution in [2.75, 3.05) is 6.54 Å². The first-order valence-corrected chi connectivity index (χ1v) is 5.60. The van der Waals surface area contributed by atoms with Crippen LogP contribution < -0.4 is 0 Å². The maximum absolute atomic E-state index is 11.3. The van der Waals surface area contributed by atoms with E-state index in [9.17, 15) is 9.59 Å². The van der Waals surface area contributed by atoms with Crippen LogP contribution in [0.5, 0.6) is 0 Å². The van der Waals surface area contributed by atoms with E-state index in [4.69, 9.17) is 10.6 Å². The minimum absolute atomic E-state index is 0.0748. The Bertz CT molecular complexity index is 408. The monoisotopic (exact) mass is 242 g/mol. The van der Waals surface area contributed by atoms with Gasteiger partial charge in [-0.25, -0.2) is 4.79 Å². The average Bonchev–Trinajstić information content (AvgIpc) is 2.45. The summed E-state index contributed by atoms with van der Waals surface area (Å²) in [6.45, 7) is 1.79. The molecule has 0 aromatic heterocycles. The van der Waals surface area contributed by atoms with Gasteiger partial charge in [0.1, 0.15) is 6.04 Å². The number of azide groups is 1. The topological polar surface area (TPSA) is 106 Å². The molecule has 2 heterocycles. The van der Waals surface area contributed by atoms with Crippen molar-refractivity contribution >= 4 is 23.6 Å². The Hall–Kier alpha value is -1.40. The van der Waals surface area contributed by atoms with Gasteiger partial charge < -0.3 is 10.0 Å². The molecule has 3 atom stereocenters. The highest BCUT2D eigenvalue weighted by molar-refractivity contribution is 8.01. The van der Waals surface area contributed by atoms with Crippen LogP contribution in [0, 0.1) is 0 Å². The molecule has 7 nitrogen and oxygen atoms in total. The Morgan fingerprint density at radius 2 is 2.56 bits per heavy atom. The number of aliphatic carboxylic acids is 1. The maximum atomic E-state index is 11.3. The maximum Gasteiger partial charge on any atom is 0.327 e. The summed E-state index contributed by atoms with van der Waals surface area (Å²) in [4.78, 5) is 26.5. The Balaban J connectivity index is 2.28. The van der Waals surface area contributed by atoms with Gasteiger partial charge >= 0.3 is 5.97 Å². The van der Waals surface area contributed by atoms with Gasteiger partial charge in [-0.1, -0.05) is 5.11 Å². The lowest BCUT2D eigenvalue weighted by Gasteiger charge is -2.36. The molecule has 0 aliphatic carbocycles. The zero-order valence-electron chi connectivity index (χ0n) is 8.53. The molecule has 0 aromatic rings. The lowest BCUT2D eigenvalue weighted by atomic mass is 9.97. The van der Waals surface area contributed by atoms with E-state index in [0.717, 1.165) is 0 Å². The Morgan fingerprint density at radius 1 is 1.88 bits per heavy atom. The molecule has 0 bridgehead atoms. The number of β-lactam (4-membered cyclic amide) rings is 1. The highest BCUT2D eigenvalue weighted by Gasteiger charge is 2.60. The van der Waals surface area contributed by atoms with Crippen molar-refractivity contribution in [3.05, 3.63) is 10.4 Å². The molecule has 86 valence electrons. The fraction of sp³-hybridized carbons (Fsp3) is 0.750. The van der Waals surface area contributed by atoms with E-state index in [1.165, 1.54) is 16.7 Å². The van der Waals surface area contributed by atoms with Gasteiger partial charge in [-0.15, -0.1) is 11.8 Å². The first-order valence-electron chi connectivity index (χ1n) is 4.72.